The molecule has 0 aliphatic carbocycles. The van der Waals surface area contributed by atoms with Gasteiger partial charge in [-0.25, -0.2) is 4.79 Å². The molecule has 100 valence electrons. The highest BCUT2D eigenvalue weighted by molar-refractivity contribution is 5.76. The molecule has 18 heavy (non-hydrogen) atoms. The van der Waals surface area contributed by atoms with Crippen LogP contribution in [0.15, 0.2) is 12.4 Å². The summed E-state index contributed by atoms with van der Waals surface area (Å²) in [5.74, 6) is -0.946. The van der Waals surface area contributed by atoms with Gasteiger partial charge in [0.1, 0.15) is 0 Å². The molecule has 0 radical (unpaired) electrons. The molecule has 1 aromatic rings. The van der Waals surface area contributed by atoms with Crippen molar-refractivity contribution in [2.75, 3.05) is 7.05 Å². The summed E-state index contributed by atoms with van der Waals surface area (Å²) in [6.45, 7) is 3.75. The van der Waals surface area contributed by atoms with Crippen molar-refractivity contribution in [3.05, 3.63) is 18.0 Å². The molecule has 0 aliphatic heterocycles. The minimum Gasteiger partial charge on any atom is -0.481 e. The molecular formula is C11H18N4O3. The van der Waals surface area contributed by atoms with Crippen molar-refractivity contribution in [1.82, 2.24) is 20.4 Å². The Morgan fingerprint density at radius 2 is 2.22 bits per heavy atom. The normalized spacial score (nSPS) is 11.1. The Kier molecular flexibility index (Phi) is 4.30. The molecular weight excluding hydrogens is 236 g/mol. The highest BCUT2D eigenvalue weighted by atomic mass is 16.4. The van der Waals surface area contributed by atoms with Crippen LogP contribution in [0.3, 0.4) is 0 Å². The number of carbonyl (C=O) groups is 2. The lowest BCUT2D eigenvalue weighted by Crippen LogP contribution is -2.49. The van der Waals surface area contributed by atoms with Crippen molar-refractivity contribution < 1.29 is 14.7 Å². The molecule has 1 rings (SSSR count). The average molecular weight is 254 g/mol. The van der Waals surface area contributed by atoms with E-state index in [1.54, 1.807) is 33.3 Å². The minimum absolute atomic E-state index is 0.127. The van der Waals surface area contributed by atoms with Crippen molar-refractivity contribution in [3.8, 4) is 0 Å². The summed E-state index contributed by atoms with van der Waals surface area (Å²) in [5.41, 5.74) is 0.0943. The van der Waals surface area contributed by atoms with Gasteiger partial charge in [-0.05, 0) is 13.8 Å². The van der Waals surface area contributed by atoms with Crippen LogP contribution >= 0.6 is 0 Å². The van der Waals surface area contributed by atoms with Gasteiger partial charge in [0.2, 0.25) is 0 Å². The first-order chi connectivity index (χ1) is 8.30. The minimum atomic E-state index is -0.946. The molecule has 0 bridgehead atoms. The maximum absolute atomic E-state index is 11.9. The lowest BCUT2D eigenvalue weighted by atomic mass is 10.0. The lowest BCUT2D eigenvalue weighted by Gasteiger charge is -2.27. The van der Waals surface area contributed by atoms with E-state index in [4.69, 9.17) is 5.11 Å². The molecule has 1 heterocycles. The second kappa shape index (κ2) is 5.52. The molecule has 0 saturated heterocycles. The summed E-state index contributed by atoms with van der Waals surface area (Å²) < 4.78 is 0. The van der Waals surface area contributed by atoms with Crippen LogP contribution in [-0.4, -0.2) is 44.8 Å². The number of nitrogens with zero attached hydrogens (tertiary/aromatic N) is 2. The SMILES string of the molecule is CN(Cc1cn[nH]c1)C(=O)NC(C)(C)CC(=O)O. The van der Waals surface area contributed by atoms with Crippen LogP contribution in [0.4, 0.5) is 4.79 Å². The zero-order valence-corrected chi connectivity index (χ0v) is 10.7. The standard InChI is InChI=1S/C11H18N4O3/c1-11(2,4-9(16)17)14-10(18)15(3)7-8-5-12-13-6-8/h5-6H,4,7H2,1-3H3,(H,12,13)(H,14,18)(H,16,17). The van der Waals surface area contributed by atoms with E-state index in [0.29, 0.717) is 6.54 Å². The zero-order valence-electron chi connectivity index (χ0n) is 10.7. The molecule has 7 heteroatoms. The number of rotatable bonds is 5. The number of nitrogens with one attached hydrogen (secondary N) is 2. The summed E-state index contributed by atoms with van der Waals surface area (Å²) in [6.07, 6.45) is 3.20. The smallest absolute Gasteiger partial charge is 0.317 e. The van der Waals surface area contributed by atoms with E-state index in [-0.39, 0.29) is 12.5 Å². The Bertz CT molecular complexity index is 414. The third-order valence-electron chi connectivity index (χ3n) is 2.36. The largest absolute Gasteiger partial charge is 0.481 e. The number of urea groups is 1. The first kappa shape index (κ1) is 14.0. The van der Waals surface area contributed by atoms with Crippen molar-refractivity contribution in [2.45, 2.75) is 32.4 Å². The van der Waals surface area contributed by atoms with E-state index in [2.05, 4.69) is 15.5 Å². The van der Waals surface area contributed by atoms with Crippen molar-refractivity contribution in [1.29, 1.82) is 0 Å². The van der Waals surface area contributed by atoms with E-state index in [9.17, 15) is 9.59 Å². The zero-order chi connectivity index (χ0) is 13.8. The van der Waals surface area contributed by atoms with Gasteiger partial charge in [0.25, 0.3) is 0 Å². The predicted molar refractivity (Wildman–Crippen MR) is 64.9 cm³/mol. The number of aromatic amines is 1. The Hall–Kier alpha value is -2.05. The van der Waals surface area contributed by atoms with Crippen LogP contribution in [0, 0.1) is 0 Å². The van der Waals surface area contributed by atoms with Gasteiger partial charge in [0.05, 0.1) is 19.2 Å². The second-order valence-corrected chi connectivity index (χ2v) is 4.85. The topological polar surface area (TPSA) is 98.3 Å². The number of amides is 2. The summed E-state index contributed by atoms with van der Waals surface area (Å²) in [6, 6.07) is -0.317. The number of aliphatic carboxylic acids is 1. The highest BCUT2D eigenvalue weighted by Crippen LogP contribution is 2.09. The highest BCUT2D eigenvalue weighted by Gasteiger charge is 2.25. The summed E-state index contributed by atoms with van der Waals surface area (Å²) >= 11 is 0. The van der Waals surface area contributed by atoms with Crippen molar-refractivity contribution in [2.24, 2.45) is 0 Å². The second-order valence-electron chi connectivity index (χ2n) is 4.85. The number of hydrogen-bond donors (Lipinski definition) is 3. The number of aromatic nitrogens is 2. The third kappa shape index (κ3) is 4.44. The van der Waals surface area contributed by atoms with Gasteiger partial charge >= 0.3 is 12.0 Å². The van der Waals surface area contributed by atoms with Gasteiger partial charge in [-0.3, -0.25) is 9.89 Å². The summed E-state index contributed by atoms with van der Waals surface area (Å²) in [7, 11) is 1.64. The molecule has 0 unspecified atom stereocenters. The number of H-pyrrole nitrogens is 1. The maximum atomic E-state index is 11.9. The predicted octanol–water partition coefficient (Wildman–Crippen LogP) is 0.804. The van der Waals surface area contributed by atoms with Crippen LogP contribution in [0.25, 0.3) is 0 Å². The van der Waals surface area contributed by atoms with E-state index >= 15 is 0 Å². The fourth-order valence-corrected chi connectivity index (χ4v) is 1.52. The average Bonchev–Trinajstić information content (AvgIpc) is 2.67. The molecule has 0 aliphatic rings. The Balaban J connectivity index is 2.51. The van der Waals surface area contributed by atoms with Crippen LogP contribution in [0.1, 0.15) is 25.8 Å². The number of carboxylic acids is 1. The first-order valence-electron chi connectivity index (χ1n) is 5.53. The van der Waals surface area contributed by atoms with Crippen LogP contribution in [0.5, 0.6) is 0 Å². The van der Waals surface area contributed by atoms with E-state index < -0.39 is 11.5 Å². The quantitative estimate of drug-likeness (QED) is 0.724. The van der Waals surface area contributed by atoms with Gasteiger partial charge in [-0.2, -0.15) is 5.10 Å². The molecule has 2 amide bonds. The molecule has 3 N–H and O–H groups in total. The third-order valence-corrected chi connectivity index (χ3v) is 2.36. The summed E-state index contributed by atoms with van der Waals surface area (Å²) in [5, 5.41) is 17.9. The van der Waals surface area contributed by atoms with Gasteiger partial charge in [0.15, 0.2) is 0 Å². The molecule has 1 aromatic heterocycles. The van der Waals surface area contributed by atoms with Crippen LogP contribution in [-0.2, 0) is 11.3 Å². The van der Waals surface area contributed by atoms with Crippen molar-refractivity contribution in [3.63, 3.8) is 0 Å². The number of carboxylic acid groups (broad SMARTS) is 1. The fourth-order valence-electron chi connectivity index (χ4n) is 1.52. The monoisotopic (exact) mass is 254 g/mol. The Labute approximate surface area is 105 Å². The van der Waals surface area contributed by atoms with E-state index in [1.165, 1.54) is 4.90 Å². The lowest BCUT2D eigenvalue weighted by molar-refractivity contribution is -0.138. The first-order valence-corrected chi connectivity index (χ1v) is 5.53. The molecule has 0 aromatic carbocycles. The Morgan fingerprint density at radius 1 is 1.56 bits per heavy atom. The van der Waals surface area contributed by atoms with Gasteiger partial charge in [-0.15, -0.1) is 0 Å². The number of hydrogen-bond acceptors (Lipinski definition) is 3. The molecule has 0 fully saturated rings. The summed E-state index contributed by atoms with van der Waals surface area (Å²) in [4.78, 5) is 24.0. The Morgan fingerprint density at radius 3 is 2.72 bits per heavy atom. The van der Waals surface area contributed by atoms with Crippen LogP contribution < -0.4 is 5.32 Å². The van der Waals surface area contributed by atoms with Gasteiger partial charge < -0.3 is 15.3 Å². The fraction of sp³-hybridized carbons (Fsp3) is 0.545. The molecule has 7 nitrogen and oxygen atoms in total. The van der Waals surface area contributed by atoms with E-state index in [0.717, 1.165) is 5.56 Å². The molecule has 0 saturated carbocycles. The molecule has 0 spiro atoms. The number of carbonyl (C=O) groups excluding carboxylic acids is 1. The van der Waals surface area contributed by atoms with Crippen molar-refractivity contribution >= 4 is 12.0 Å². The maximum Gasteiger partial charge on any atom is 0.317 e. The van der Waals surface area contributed by atoms with Gasteiger partial charge in [0, 0.05) is 24.3 Å². The van der Waals surface area contributed by atoms with E-state index in [1.807, 2.05) is 0 Å². The molecule has 0 atom stereocenters. The van der Waals surface area contributed by atoms with Gasteiger partial charge in [-0.1, -0.05) is 0 Å². The van der Waals surface area contributed by atoms with Crippen LogP contribution in [0.2, 0.25) is 0 Å².